The third kappa shape index (κ3) is 5.31. The van der Waals surface area contributed by atoms with Gasteiger partial charge in [-0.2, -0.15) is 0 Å². The Morgan fingerprint density at radius 2 is 1.61 bits per heavy atom. The number of hydrogen-bond acceptors (Lipinski definition) is 4. The van der Waals surface area contributed by atoms with E-state index in [0.29, 0.717) is 23.6 Å². The number of benzene rings is 3. The fourth-order valence-corrected chi connectivity index (χ4v) is 4.22. The summed E-state index contributed by atoms with van der Waals surface area (Å²) in [6.45, 7) is 3.99. The lowest BCUT2D eigenvalue weighted by Crippen LogP contribution is -2.24. The monoisotopic (exact) mass is 438 g/mol. The fraction of sp³-hybridized carbons (Fsp3) is 0.208. The number of carbonyl (C=O) groups is 1. The lowest BCUT2D eigenvalue weighted by molar-refractivity contribution is 0.102. The molecule has 1 N–H and O–H groups in total. The number of hydrogen-bond donors (Lipinski definition) is 1. The first-order chi connectivity index (χ1) is 14.7. The summed E-state index contributed by atoms with van der Waals surface area (Å²) in [5, 5.41) is 2.81. The van der Waals surface area contributed by atoms with Gasteiger partial charge in [0.2, 0.25) is 10.0 Å². The maximum atomic E-state index is 12.8. The quantitative estimate of drug-likeness (QED) is 0.594. The molecule has 0 spiro atoms. The van der Waals surface area contributed by atoms with Crippen molar-refractivity contribution < 1.29 is 17.9 Å². The molecule has 3 rings (SSSR count). The highest BCUT2D eigenvalue weighted by Crippen LogP contribution is 2.24. The number of aryl methyl sites for hydroxylation is 1. The Morgan fingerprint density at radius 1 is 0.968 bits per heavy atom. The van der Waals surface area contributed by atoms with E-state index in [2.05, 4.69) is 5.32 Å². The highest BCUT2D eigenvalue weighted by molar-refractivity contribution is 7.89. The molecular weight excluding hydrogens is 412 g/mol. The predicted octanol–water partition coefficient (Wildman–Crippen LogP) is 4.39. The molecular formula is C24H26N2O4S. The molecule has 3 aromatic carbocycles. The van der Waals surface area contributed by atoms with Crippen molar-refractivity contribution in [1.29, 1.82) is 0 Å². The molecule has 0 saturated heterocycles. The highest BCUT2D eigenvalue weighted by atomic mass is 32.2. The molecule has 0 bridgehead atoms. The van der Waals surface area contributed by atoms with Crippen LogP contribution in [0.4, 0.5) is 5.69 Å². The van der Waals surface area contributed by atoms with Crippen LogP contribution in [-0.2, 0) is 16.6 Å². The van der Waals surface area contributed by atoms with Crippen LogP contribution in [-0.4, -0.2) is 32.7 Å². The summed E-state index contributed by atoms with van der Waals surface area (Å²) >= 11 is 0. The summed E-state index contributed by atoms with van der Waals surface area (Å²) in [6, 6.07) is 20.0. The van der Waals surface area contributed by atoms with Crippen molar-refractivity contribution in [3.05, 3.63) is 89.0 Å². The predicted molar refractivity (Wildman–Crippen MR) is 122 cm³/mol. The molecule has 3 aromatic rings. The van der Waals surface area contributed by atoms with Crippen LogP contribution in [0, 0.1) is 13.8 Å². The van der Waals surface area contributed by atoms with E-state index in [0.717, 1.165) is 15.4 Å². The number of rotatable bonds is 7. The fourth-order valence-electron chi connectivity index (χ4n) is 3.00. The average Bonchev–Trinajstić information content (AvgIpc) is 2.75. The van der Waals surface area contributed by atoms with Crippen molar-refractivity contribution in [3.63, 3.8) is 0 Å². The zero-order chi connectivity index (χ0) is 22.6. The summed E-state index contributed by atoms with van der Waals surface area (Å²) in [7, 11) is -0.716. The minimum atomic E-state index is -3.66. The van der Waals surface area contributed by atoms with Gasteiger partial charge in [-0.1, -0.05) is 30.3 Å². The normalized spacial score (nSPS) is 11.4. The summed E-state index contributed by atoms with van der Waals surface area (Å²) in [4.78, 5) is 12.9. The Hall–Kier alpha value is -3.16. The molecule has 0 saturated carbocycles. The molecule has 1 amide bonds. The van der Waals surface area contributed by atoms with E-state index in [1.807, 2.05) is 30.3 Å². The molecule has 0 aliphatic heterocycles. The van der Waals surface area contributed by atoms with E-state index in [9.17, 15) is 13.2 Å². The van der Waals surface area contributed by atoms with Crippen LogP contribution in [0.2, 0.25) is 0 Å². The zero-order valence-corrected chi connectivity index (χ0v) is 18.9. The summed E-state index contributed by atoms with van der Waals surface area (Å²) in [5.41, 5.74) is 3.31. The number of amides is 1. The Kier molecular flexibility index (Phi) is 6.77. The second-order valence-electron chi connectivity index (χ2n) is 7.46. The molecule has 0 fully saturated rings. The smallest absolute Gasteiger partial charge is 0.255 e. The number of anilines is 1. The van der Waals surface area contributed by atoms with E-state index in [-0.39, 0.29) is 16.4 Å². The zero-order valence-electron chi connectivity index (χ0n) is 18.0. The van der Waals surface area contributed by atoms with E-state index in [4.69, 9.17) is 4.74 Å². The SMILES string of the molecule is Cc1cc(C(=O)Nc2ccc(OCc3ccccc3)cc2)cc(S(=O)(=O)N(C)C)c1C. The summed E-state index contributed by atoms with van der Waals surface area (Å²) in [6.07, 6.45) is 0. The Bertz CT molecular complexity index is 1170. The van der Waals surface area contributed by atoms with Gasteiger partial charge in [-0.05, 0) is 66.9 Å². The third-order valence-corrected chi connectivity index (χ3v) is 6.94. The van der Waals surface area contributed by atoms with Crippen LogP contribution in [0.5, 0.6) is 5.75 Å². The first kappa shape index (κ1) is 22.5. The highest BCUT2D eigenvalue weighted by Gasteiger charge is 2.23. The van der Waals surface area contributed by atoms with Crippen LogP contribution in [0.1, 0.15) is 27.0 Å². The molecule has 0 aliphatic carbocycles. The van der Waals surface area contributed by atoms with Gasteiger partial charge in [-0.15, -0.1) is 0 Å². The van der Waals surface area contributed by atoms with Gasteiger partial charge < -0.3 is 10.1 Å². The molecule has 0 radical (unpaired) electrons. The van der Waals surface area contributed by atoms with Gasteiger partial charge in [-0.25, -0.2) is 12.7 Å². The van der Waals surface area contributed by atoms with Gasteiger partial charge in [0, 0.05) is 25.3 Å². The van der Waals surface area contributed by atoms with Crippen molar-refractivity contribution in [3.8, 4) is 5.75 Å². The van der Waals surface area contributed by atoms with E-state index in [1.54, 1.807) is 44.2 Å². The van der Waals surface area contributed by atoms with Crippen LogP contribution in [0.15, 0.2) is 71.6 Å². The van der Waals surface area contributed by atoms with Gasteiger partial charge in [0.05, 0.1) is 4.90 Å². The van der Waals surface area contributed by atoms with Crippen LogP contribution < -0.4 is 10.1 Å². The lowest BCUT2D eigenvalue weighted by Gasteiger charge is -2.16. The Morgan fingerprint density at radius 3 is 2.23 bits per heavy atom. The Labute approximate surface area is 183 Å². The third-order valence-electron chi connectivity index (χ3n) is 5.00. The standard InChI is InChI=1S/C24H26N2O4S/c1-17-14-20(15-23(18(17)2)31(28,29)26(3)4)24(27)25-21-10-12-22(13-11-21)30-16-19-8-6-5-7-9-19/h5-15H,16H2,1-4H3,(H,25,27). The Balaban J connectivity index is 1.73. The molecule has 6 nitrogen and oxygen atoms in total. The molecule has 0 aromatic heterocycles. The van der Waals surface area contributed by atoms with Crippen molar-refractivity contribution >= 4 is 21.6 Å². The van der Waals surface area contributed by atoms with Gasteiger partial charge in [0.25, 0.3) is 5.91 Å². The number of nitrogens with one attached hydrogen (secondary N) is 1. The van der Waals surface area contributed by atoms with Gasteiger partial charge in [0.15, 0.2) is 0 Å². The first-order valence-corrected chi connectivity index (χ1v) is 11.2. The van der Waals surface area contributed by atoms with E-state index >= 15 is 0 Å². The van der Waals surface area contributed by atoms with Crippen molar-refractivity contribution in [2.75, 3.05) is 19.4 Å². The average molecular weight is 439 g/mol. The second-order valence-corrected chi connectivity index (χ2v) is 9.58. The molecule has 0 atom stereocenters. The molecule has 0 heterocycles. The summed E-state index contributed by atoms with van der Waals surface area (Å²) in [5.74, 6) is 0.309. The number of carbonyl (C=O) groups excluding carboxylic acids is 1. The maximum absolute atomic E-state index is 12.8. The first-order valence-electron chi connectivity index (χ1n) is 9.80. The van der Waals surface area contributed by atoms with Crippen molar-refractivity contribution in [2.45, 2.75) is 25.3 Å². The second kappa shape index (κ2) is 9.32. The van der Waals surface area contributed by atoms with E-state index in [1.165, 1.54) is 20.2 Å². The van der Waals surface area contributed by atoms with Crippen LogP contribution in [0.3, 0.4) is 0 Å². The van der Waals surface area contributed by atoms with Crippen molar-refractivity contribution in [2.24, 2.45) is 0 Å². The number of ether oxygens (including phenoxy) is 1. The van der Waals surface area contributed by atoms with Gasteiger partial charge in [0.1, 0.15) is 12.4 Å². The maximum Gasteiger partial charge on any atom is 0.255 e. The molecule has 31 heavy (non-hydrogen) atoms. The molecule has 162 valence electrons. The van der Waals surface area contributed by atoms with Crippen LogP contribution in [0.25, 0.3) is 0 Å². The lowest BCUT2D eigenvalue weighted by atomic mass is 10.1. The molecule has 0 aliphatic rings. The van der Waals surface area contributed by atoms with E-state index < -0.39 is 10.0 Å². The van der Waals surface area contributed by atoms with Crippen LogP contribution >= 0.6 is 0 Å². The molecule has 7 heteroatoms. The van der Waals surface area contributed by atoms with Gasteiger partial charge in [-0.3, -0.25) is 4.79 Å². The minimum absolute atomic E-state index is 0.132. The number of sulfonamides is 1. The minimum Gasteiger partial charge on any atom is -0.489 e. The topological polar surface area (TPSA) is 75.7 Å². The van der Waals surface area contributed by atoms with Crippen molar-refractivity contribution in [1.82, 2.24) is 4.31 Å². The number of nitrogens with zero attached hydrogens (tertiary/aromatic N) is 1. The molecule has 0 unspecified atom stereocenters. The van der Waals surface area contributed by atoms with Gasteiger partial charge >= 0.3 is 0 Å². The largest absolute Gasteiger partial charge is 0.489 e. The summed E-state index contributed by atoms with van der Waals surface area (Å²) < 4.78 is 32.1.